The van der Waals surface area contributed by atoms with Gasteiger partial charge in [0, 0.05) is 52.0 Å². The molecule has 0 aromatic carbocycles. The third-order valence-corrected chi connectivity index (χ3v) is 5.28. The van der Waals surface area contributed by atoms with Gasteiger partial charge < -0.3 is 15.0 Å². The number of rotatable bonds is 6. The Labute approximate surface area is 191 Å². The van der Waals surface area contributed by atoms with Crippen molar-refractivity contribution in [3.05, 3.63) is 38.7 Å². The number of hydrogen-bond acceptors (Lipinski definition) is 7. The average molecular weight is 461 g/mol. The van der Waals surface area contributed by atoms with Gasteiger partial charge in [0.2, 0.25) is 0 Å². The van der Waals surface area contributed by atoms with Crippen molar-refractivity contribution in [1.29, 1.82) is 0 Å². The summed E-state index contributed by atoms with van der Waals surface area (Å²) in [7, 11) is 0. The van der Waals surface area contributed by atoms with Gasteiger partial charge in [-0.1, -0.05) is 6.92 Å². The number of ether oxygens (including phenoxy) is 1. The molecule has 3 rings (SSSR count). The Hall–Kier alpha value is -3.21. The molecule has 0 unspecified atom stereocenters. The fourth-order valence-electron chi connectivity index (χ4n) is 3.63. The van der Waals surface area contributed by atoms with Gasteiger partial charge in [0.1, 0.15) is 11.2 Å². The highest BCUT2D eigenvalue weighted by molar-refractivity contribution is 5.96. The van der Waals surface area contributed by atoms with Gasteiger partial charge in [0.15, 0.2) is 0 Å². The van der Waals surface area contributed by atoms with E-state index in [9.17, 15) is 19.2 Å². The first-order valence-electron chi connectivity index (χ1n) is 11.2. The van der Waals surface area contributed by atoms with E-state index in [1.165, 1.54) is 16.8 Å². The van der Waals surface area contributed by atoms with E-state index in [-0.39, 0.29) is 28.6 Å². The SMILES string of the molecule is CCCn1c(=O)[nH]c(=O)c2cc(C(=O)NCCN3CCN(C(=O)OC(C)(C)C)CC3)cnc21. The van der Waals surface area contributed by atoms with E-state index in [1.807, 2.05) is 27.7 Å². The Bertz CT molecular complexity index is 1120. The summed E-state index contributed by atoms with van der Waals surface area (Å²) in [5, 5.41) is 3.04. The Kier molecular flexibility index (Phi) is 7.52. The molecule has 2 aromatic heterocycles. The monoisotopic (exact) mass is 460 g/mol. The van der Waals surface area contributed by atoms with Crippen LogP contribution in [0.15, 0.2) is 21.9 Å². The van der Waals surface area contributed by atoms with Crippen molar-refractivity contribution < 1.29 is 14.3 Å². The van der Waals surface area contributed by atoms with Crippen LogP contribution >= 0.6 is 0 Å². The molecule has 0 radical (unpaired) electrons. The summed E-state index contributed by atoms with van der Waals surface area (Å²) < 4.78 is 6.80. The minimum Gasteiger partial charge on any atom is -0.444 e. The zero-order chi connectivity index (χ0) is 24.2. The number of carbonyl (C=O) groups excluding carboxylic acids is 2. The molecular weight excluding hydrogens is 428 g/mol. The maximum absolute atomic E-state index is 12.6. The number of amides is 2. The van der Waals surface area contributed by atoms with Gasteiger partial charge >= 0.3 is 11.8 Å². The molecule has 3 heterocycles. The van der Waals surface area contributed by atoms with Crippen LogP contribution in [-0.2, 0) is 11.3 Å². The summed E-state index contributed by atoms with van der Waals surface area (Å²) in [6, 6.07) is 1.46. The van der Waals surface area contributed by atoms with E-state index < -0.39 is 16.9 Å². The Morgan fingerprint density at radius 3 is 2.48 bits per heavy atom. The van der Waals surface area contributed by atoms with Crippen LogP contribution in [0.5, 0.6) is 0 Å². The second kappa shape index (κ2) is 10.2. The first-order valence-corrected chi connectivity index (χ1v) is 11.2. The molecule has 1 fully saturated rings. The fourth-order valence-corrected chi connectivity index (χ4v) is 3.63. The van der Waals surface area contributed by atoms with Crippen molar-refractivity contribution >= 4 is 23.0 Å². The molecule has 2 N–H and O–H groups in total. The largest absolute Gasteiger partial charge is 0.444 e. The predicted octanol–water partition coefficient (Wildman–Crippen LogP) is 0.777. The average Bonchev–Trinajstić information content (AvgIpc) is 2.75. The Balaban J connectivity index is 1.54. The summed E-state index contributed by atoms with van der Waals surface area (Å²) >= 11 is 0. The molecule has 0 aliphatic carbocycles. The number of carbonyl (C=O) groups is 2. The number of hydrogen-bond donors (Lipinski definition) is 2. The van der Waals surface area contributed by atoms with Crippen LogP contribution in [0.4, 0.5) is 4.79 Å². The van der Waals surface area contributed by atoms with Crippen molar-refractivity contribution in [3.8, 4) is 0 Å². The van der Waals surface area contributed by atoms with Gasteiger partial charge in [0.05, 0.1) is 10.9 Å². The van der Waals surface area contributed by atoms with Crippen LogP contribution in [0.1, 0.15) is 44.5 Å². The van der Waals surface area contributed by atoms with Crippen LogP contribution in [-0.4, -0.2) is 81.2 Å². The van der Waals surface area contributed by atoms with E-state index in [0.717, 1.165) is 0 Å². The molecule has 0 spiro atoms. The van der Waals surface area contributed by atoms with Gasteiger partial charge in [-0.2, -0.15) is 0 Å². The van der Waals surface area contributed by atoms with Gasteiger partial charge in [-0.15, -0.1) is 0 Å². The van der Waals surface area contributed by atoms with Gasteiger partial charge in [-0.25, -0.2) is 14.6 Å². The van der Waals surface area contributed by atoms with Gasteiger partial charge in [0.25, 0.3) is 11.5 Å². The van der Waals surface area contributed by atoms with E-state index in [4.69, 9.17) is 4.74 Å². The molecule has 0 saturated carbocycles. The standard InChI is InChI=1S/C22H32N6O5/c1-5-7-28-17-16(19(30)25-20(28)31)13-15(14-24-17)18(29)23-6-8-26-9-11-27(12-10-26)21(32)33-22(2,3)4/h13-14H,5-12H2,1-4H3,(H,23,29)(H,25,30,31). The maximum atomic E-state index is 12.6. The van der Waals surface area contributed by atoms with Crippen molar-refractivity contribution in [1.82, 2.24) is 29.7 Å². The van der Waals surface area contributed by atoms with E-state index in [1.54, 1.807) is 4.90 Å². The predicted molar refractivity (Wildman–Crippen MR) is 123 cm³/mol. The lowest BCUT2D eigenvalue weighted by atomic mass is 10.2. The number of piperazine rings is 1. The van der Waals surface area contributed by atoms with Crippen molar-refractivity contribution in [2.75, 3.05) is 39.3 Å². The molecule has 2 aromatic rings. The first-order chi connectivity index (χ1) is 15.6. The highest BCUT2D eigenvalue weighted by atomic mass is 16.6. The number of aromatic amines is 1. The number of H-pyrrole nitrogens is 1. The van der Waals surface area contributed by atoms with Crippen molar-refractivity contribution in [3.63, 3.8) is 0 Å². The number of pyridine rings is 1. The quantitative estimate of drug-likeness (QED) is 0.651. The van der Waals surface area contributed by atoms with Crippen LogP contribution in [0.25, 0.3) is 11.0 Å². The summed E-state index contributed by atoms with van der Waals surface area (Å²) in [5.74, 6) is -0.343. The zero-order valence-corrected chi connectivity index (χ0v) is 19.6. The highest BCUT2D eigenvalue weighted by Crippen LogP contribution is 2.12. The lowest BCUT2D eigenvalue weighted by molar-refractivity contribution is 0.0147. The summed E-state index contributed by atoms with van der Waals surface area (Å²) in [6.45, 7) is 11.4. The molecule has 1 saturated heterocycles. The molecule has 11 heteroatoms. The summed E-state index contributed by atoms with van der Waals surface area (Å²) in [6.07, 6.45) is 1.78. The van der Waals surface area contributed by atoms with Gasteiger partial charge in [-0.3, -0.25) is 24.0 Å². The normalized spacial score (nSPS) is 15.0. The van der Waals surface area contributed by atoms with Crippen molar-refractivity contribution in [2.24, 2.45) is 0 Å². The van der Waals surface area contributed by atoms with Crippen molar-refractivity contribution in [2.45, 2.75) is 46.3 Å². The first kappa shape index (κ1) is 24.4. The lowest BCUT2D eigenvalue weighted by Crippen LogP contribution is -2.51. The summed E-state index contributed by atoms with van der Waals surface area (Å²) in [5.41, 5.74) is -1.07. The van der Waals surface area contributed by atoms with E-state index in [0.29, 0.717) is 52.2 Å². The van der Waals surface area contributed by atoms with E-state index in [2.05, 4.69) is 20.2 Å². The van der Waals surface area contributed by atoms with Crippen LogP contribution in [0.2, 0.25) is 0 Å². The smallest absolute Gasteiger partial charge is 0.410 e. The second-order valence-electron chi connectivity index (χ2n) is 9.07. The molecule has 1 aliphatic heterocycles. The number of fused-ring (bicyclic) bond motifs is 1. The van der Waals surface area contributed by atoms with Gasteiger partial charge in [-0.05, 0) is 33.3 Å². The highest BCUT2D eigenvalue weighted by Gasteiger charge is 2.25. The molecule has 11 nitrogen and oxygen atoms in total. The molecule has 0 atom stereocenters. The molecule has 2 amide bonds. The second-order valence-corrected chi connectivity index (χ2v) is 9.07. The lowest BCUT2D eigenvalue weighted by Gasteiger charge is -2.35. The number of aryl methyl sites for hydroxylation is 1. The van der Waals surface area contributed by atoms with E-state index >= 15 is 0 Å². The Morgan fingerprint density at radius 1 is 1.15 bits per heavy atom. The van der Waals surface area contributed by atoms with Crippen LogP contribution in [0, 0.1) is 0 Å². The minimum absolute atomic E-state index is 0.203. The molecule has 1 aliphatic rings. The number of nitrogens with zero attached hydrogens (tertiary/aromatic N) is 4. The fraction of sp³-hybridized carbons (Fsp3) is 0.591. The third-order valence-electron chi connectivity index (χ3n) is 5.28. The number of nitrogens with one attached hydrogen (secondary N) is 2. The molecular formula is C22H32N6O5. The maximum Gasteiger partial charge on any atom is 0.410 e. The molecule has 180 valence electrons. The van der Waals surface area contributed by atoms with Crippen LogP contribution < -0.4 is 16.6 Å². The topological polar surface area (TPSA) is 130 Å². The Morgan fingerprint density at radius 2 is 1.85 bits per heavy atom. The zero-order valence-electron chi connectivity index (χ0n) is 19.6. The minimum atomic E-state index is -0.563. The third kappa shape index (κ3) is 6.19. The number of aromatic nitrogens is 3. The summed E-state index contributed by atoms with van der Waals surface area (Å²) in [4.78, 5) is 59.3. The molecule has 0 bridgehead atoms. The van der Waals surface area contributed by atoms with Crippen LogP contribution in [0.3, 0.4) is 0 Å². The molecule has 33 heavy (non-hydrogen) atoms.